The first-order valence-electron chi connectivity index (χ1n) is 16.7. The normalized spacial score (nSPS) is 51.6. The molecular weight excluding hydrogens is 496 g/mol. The fourth-order valence-electron chi connectivity index (χ4n) is 12.8. The Morgan fingerprint density at radius 1 is 0.950 bits per heavy atom. The summed E-state index contributed by atoms with van der Waals surface area (Å²) in [6, 6.07) is 0. The topological polar surface area (TPSA) is 52.6 Å². The van der Waals surface area contributed by atoms with Gasteiger partial charge >= 0.3 is 0 Å². The molecule has 0 radical (unpaired) electrons. The predicted molar refractivity (Wildman–Crippen MR) is 158 cm³/mol. The predicted octanol–water partition coefficient (Wildman–Crippen LogP) is 8.18. The van der Waals surface area contributed by atoms with E-state index >= 15 is 0 Å². The molecule has 6 fully saturated rings. The molecular formula is C36H56O4. The fraction of sp³-hybridized carbons (Fsp3) is 0.889. The minimum atomic E-state index is -0.440. The number of carbonyl (C=O) groups excluding carboxylic acids is 2. The highest BCUT2D eigenvalue weighted by Crippen LogP contribution is 2.77. The van der Waals surface area contributed by atoms with Crippen LogP contribution in [0.15, 0.2) is 12.2 Å². The van der Waals surface area contributed by atoms with E-state index in [0.29, 0.717) is 29.6 Å². The van der Waals surface area contributed by atoms with Crippen molar-refractivity contribution in [3.8, 4) is 0 Å². The molecule has 6 aliphatic rings. The molecule has 0 aromatic rings. The molecule has 40 heavy (non-hydrogen) atoms. The third-order valence-electron chi connectivity index (χ3n) is 14.9. The number of hydrogen-bond donors (Lipinski definition) is 0. The molecule has 0 aromatic carbocycles. The Hall–Kier alpha value is -1.00. The summed E-state index contributed by atoms with van der Waals surface area (Å²) >= 11 is 0. The zero-order valence-corrected chi connectivity index (χ0v) is 26.4. The molecule has 0 amide bonds. The fourth-order valence-corrected chi connectivity index (χ4v) is 12.8. The number of ether oxygens (including phenoxy) is 2. The van der Waals surface area contributed by atoms with Crippen LogP contribution in [0.3, 0.4) is 0 Å². The Bertz CT molecular complexity index is 1040. The first-order valence-corrected chi connectivity index (χ1v) is 16.7. The van der Waals surface area contributed by atoms with E-state index in [4.69, 9.17) is 9.47 Å². The Morgan fingerprint density at radius 3 is 2.40 bits per heavy atom. The lowest BCUT2D eigenvalue weighted by Gasteiger charge is -2.72. The van der Waals surface area contributed by atoms with Crippen molar-refractivity contribution in [2.75, 3.05) is 13.2 Å². The van der Waals surface area contributed by atoms with Gasteiger partial charge in [0, 0.05) is 12.0 Å². The first kappa shape index (κ1) is 29.1. The quantitative estimate of drug-likeness (QED) is 0.196. The summed E-state index contributed by atoms with van der Waals surface area (Å²) in [5, 5.41) is 0. The van der Waals surface area contributed by atoms with Gasteiger partial charge in [0.1, 0.15) is 12.1 Å². The molecule has 5 aliphatic carbocycles. The summed E-state index contributed by atoms with van der Waals surface area (Å²) in [6.07, 6.45) is 14.9. The summed E-state index contributed by atoms with van der Waals surface area (Å²) in [6.45, 7) is 20.6. The van der Waals surface area contributed by atoms with Crippen LogP contribution in [0.4, 0.5) is 0 Å². The molecule has 0 N–H and O–H groups in total. The second-order valence-electron chi connectivity index (χ2n) is 16.7. The molecule has 0 bridgehead atoms. The van der Waals surface area contributed by atoms with Crippen molar-refractivity contribution in [3.05, 3.63) is 12.2 Å². The van der Waals surface area contributed by atoms with Gasteiger partial charge in [0.15, 0.2) is 6.29 Å². The van der Waals surface area contributed by atoms with Gasteiger partial charge in [-0.3, -0.25) is 4.79 Å². The highest BCUT2D eigenvalue weighted by atomic mass is 16.7. The van der Waals surface area contributed by atoms with Crippen molar-refractivity contribution in [1.29, 1.82) is 0 Å². The Balaban J connectivity index is 1.34. The van der Waals surface area contributed by atoms with Crippen LogP contribution in [0.2, 0.25) is 0 Å². The lowest BCUT2D eigenvalue weighted by Crippen LogP contribution is -2.67. The van der Waals surface area contributed by atoms with Crippen LogP contribution in [0.25, 0.3) is 0 Å². The van der Waals surface area contributed by atoms with Crippen LogP contribution >= 0.6 is 0 Å². The first-order chi connectivity index (χ1) is 18.8. The van der Waals surface area contributed by atoms with Gasteiger partial charge in [-0.2, -0.15) is 0 Å². The number of carbonyl (C=O) groups is 2. The molecule has 0 aromatic heterocycles. The van der Waals surface area contributed by atoms with E-state index in [2.05, 4.69) is 48.1 Å². The number of allylic oxidation sites excluding steroid dienone is 1. The number of Topliss-reactive ketones (excluding diaryl/α,β-unsaturated/α-hetero) is 1. The van der Waals surface area contributed by atoms with Gasteiger partial charge < -0.3 is 14.3 Å². The molecule has 4 nitrogen and oxygen atoms in total. The number of rotatable bonds is 5. The Kier molecular flexibility index (Phi) is 7.10. The SMILES string of the molecule is C=C(C)C1CCC2(COC3CCCCO3)CCC3(C)C(CCC4C5(C)CC(C=O)C(=O)C(C)(C)C5CCC43C)C12. The van der Waals surface area contributed by atoms with Crippen LogP contribution in [0.5, 0.6) is 0 Å². The van der Waals surface area contributed by atoms with Crippen molar-refractivity contribution in [1.82, 2.24) is 0 Å². The lowest BCUT2D eigenvalue weighted by molar-refractivity contribution is -0.247. The van der Waals surface area contributed by atoms with Crippen LogP contribution in [0, 0.1) is 62.6 Å². The molecule has 1 saturated heterocycles. The van der Waals surface area contributed by atoms with Crippen LogP contribution in [-0.4, -0.2) is 31.6 Å². The minimum Gasteiger partial charge on any atom is -0.353 e. The van der Waals surface area contributed by atoms with Crippen molar-refractivity contribution >= 4 is 12.1 Å². The molecule has 224 valence electrons. The van der Waals surface area contributed by atoms with E-state index in [-0.39, 0.29) is 33.7 Å². The van der Waals surface area contributed by atoms with E-state index in [1.54, 1.807) is 0 Å². The van der Waals surface area contributed by atoms with E-state index in [0.717, 1.165) is 45.2 Å². The van der Waals surface area contributed by atoms with E-state index in [1.807, 2.05) is 0 Å². The zero-order chi connectivity index (χ0) is 28.7. The van der Waals surface area contributed by atoms with Gasteiger partial charge in [0.2, 0.25) is 0 Å². The average molecular weight is 553 g/mol. The van der Waals surface area contributed by atoms with Crippen LogP contribution in [-0.2, 0) is 19.1 Å². The Morgan fingerprint density at radius 2 is 1.73 bits per heavy atom. The van der Waals surface area contributed by atoms with Gasteiger partial charge in [-0.15, -0.1) is 0 Å². The van der Waals surface area contributed by atoms with Gasteiger partial charge in [-0.25, -0.2) is 0 Å². The lowest BCUT2D eigenvalue weighted by atomic mass is 9.32. The molecule has 0 spiro atoms. The smallest absolute Gasteiger partial charge is 0.157 e. The maximum atomic E-state index is 13.4. The van der Waals surface area contributed by atoms with Crippen molar-refractivity contribution in [3.63, 3.8) is 0 Å². The summed E-state index contributed by atoms with van der Waals surface area (Å²) in [7, 11) is 0. The van der Waals surface area contributed by atoms with Gasteiger partial charge in [0.05, 0.1) is 12.5 Å². The number of aldehydes is 1. The number of fused-ring (bicyclic) bond motifs is 7. The van der Waals surface area contributed by atoms with E-state index < -0.39 is 11.3 Å². The van der Waals surface area contributed by atoms with Gasteiger partial charge in [0.25, 0.3) is 0 Å². The monoisotopic (exact) mass is 552 g/mol. The summed E-state index contributed by atoms with van der Waals surface area (Å²) in [5.74, 6) is 2.55. The summed E-state index contributed by atoms with van der Waals surface area (Å²) < 4.78 is 12.6. The maximum Gasteiger partial charge on any atom is 0.157 e. The van der Waals surface area contributed by atoms with E-state index in [1.165, 1.54) is 56.9 Å². The maximum absolute atomic E-state index is 13.4. The molecule has 1 heterocycles. The number of ketones is 1. The Labute approximate surface area is 243 Å². The molecule has 4 heteroatoms. The molecule has 11 unspecified atom stereocenters. The summed E-state index contributed by atoms with van der Waals surface area (Å²) in [4.78, 5) is 25.6. The van der Waals surface area contributed by atoms with Crippen molar-refractivity contribution in [2.45, 2.75) is 125 Å². The number of hydrogen-bond acceptors (Lipinski definition) is 4. The second kappa shape index (κ2) is 9.76. The average Bonchev–Trinajstić information content (AvgIpc) is 3.31. The van der Waals surface area contributed by atoms with Crippen LogP contribution < -0.4 is 0 Å². The summed E-state index contributed by atoms with van der Waals surface area (Å²) in [5.41, 5.74) is 1.68. The van der Waals surface area contributed by atoms with Crippen molar-refractivity contribution < 1.29 is 19.1 Å². The van der Waals surface area contributed by atoms with Crippen LogP contribution in [0.1, 0.15) is 119 Å². The highest BCUT2D eigenvalue weighted by Gasteiger charge is 2.71. The second-order valence-corrected chi connectivity index (χ2v) is 16.7. The third-order valence-corrected chi connectivity index (χ3v) is 14.9. The molecule has 11 atom stereocenters. The molecule has 1 aliphatic heterocycles. The zero-order valence-electron chi connectivity index (χ0n) is 26.4. The molecule has 6 rings (SSSR count). The molecule has 5 saturated carbocycles. The van der Waals surface area contributed by atoms with Crippen molar-refractivity contribution in [2.24, 2.45) is 62.6 Å². The van der Waals surface area contributed by atoms with E-state index in [9.17, 15) is 9.59 Å². The minimum absolute atomic E-state index is 0.0208. The van der Waals surface area contributed by atoms with Gasteiger partial charge in [-0.05, 0) is 135 Å². The highest BCUT2D eigenvalue weighted by molar-refractivity contribution is 5.98. The largest absolute Gasteiger partial charge is 0.353 e. The van der Waals surface area contributed by atoms with Gasteiger partial charge in [-0.1, -0.05) is 46.8 Å². The third kappa shape index (κ3) is 3.89. The standard InChI is InChI=1S/C36H56O4/c1-23(2)25-13-16-36(22-40-29-10-8-9-19-39-29)18-17-34(6)26(30(25)36)11-12-28-33(5)20-24(21-37)31(38)32(3,4)27(33)14-15-35(28,34)7/h21,24-30H,1,8-20,22H2,2-7H3.